The third-order valence-electron chi connectivity index (χ3n) is 3.91. The van der Waals surface area contributed by atoms with Gasteiger partial charge in [0, 0.05) is 12.5 Å². The minimum Gasteiger partial charge on any atom is -0.389 e. The molecule has 5 heteroatoms. The highest BCUT2D eigenvalue weighted by Gasteiger charge is 2.50. The summed E-state index contributed by atoms with van der Waals surface area (Å²) < 4.78 is 43.0. The van der Waals surface area contributed by atoms with Gasteiger partial charge in [-0.05, 0) is 32.1 Å². The minimum atomic E-state index is -4.17. The van der Waals surface area contributed by atoms with E-state index in [4.69, 9.17) is 4.74 Å². The van der Waals surface area contributed by atoms with Crippen molar-refractivity contribution in [3.8, 4) is 0 Å². The van der Waals surface area contributed by atoms with E-state index in [0.29, 0.717) is 32.5 Å². The highest BCUT2D eigenvalue weighted by molar-refractivity contribution is 4.94. The molecule has 1 aliphatic heterocycles. The molecule has 2 nitrogen and oxygen atoms in total. The molecule has 16 heavy (non-hydrogen) atoms. The van der Waals surface area contributed by atoms with Crippen molar-refractivity contribution >= 4 is 0 Å². The van der Waals surface area contributed by atoms with Gasteiger partial charge in [0.25, 0.3) is 0 Å². The van der Waals surface area contributed by atoms with Crippen LogP contribution in [0.3, 0.4) is 0 Å². The van der Waals surface area contributed by atoms with Crippen LogP contribution in [-0.2, 0) is 4.74 Å². The van der Waals surface area contributed by atoms with Crippen LogP contribution in [0.2, 0.25) is 0 Å². The smallest absolute Gasteiger partial charge is 0.389 e. The number of hydrogen-bond acceptors (Lipinski definition) is 2. The van der Waals surface area contributed by atoms with Crippen LogP contribution in [0.1, 0.15) is 32.1 Å². The molecule has 0 radical (unpaired) electrons. The van der Waals surface area contributed by atoms with Crippen LogP contribution in [0.25, 0.3) is 0 Å². The van der Waals surface area contributed by atoms with E-state index in [9.17, 15) is 18.3 Å². The molecule has 94 valence electrons. The van der Waals surface area contributed by atoms with Crippen LogP contribution in [0.15, 0.2) is 0 Å². The summed E-state index contributed by atoms with van der Waals surface area (Å²) in [5, 5.41) is 10.3. The summed E-state index contributed by atoms with van der Waals surface area (Å²) in [6.45, 7) is 0.963. The standard InChI is InChI=1S/C11H17F3O2/c12-11(13,14)8-2-1-4-10(15,6-8)9-3-5-16-7-9/h8-9,15H,1-7H2. The highest BCUT2D eigenvalue weighted by atomic mass is 19.4. The second kappa shape index (κ2) is 4.18. The third kappa shape index (κ3) is 2.35. The Bertz CT molecular complexity index is 248. The van der Waals surface area contributed by atoms with Crippen LogP contribution in [0.4, 0.5) is 13.2 Å². The van der Waals surface area contributed by atoms with Crippen LogP contribution in [0, 0.1) is 11.8 Å². The van der Waals surface area contributed by atoms with Gasteiger partial charge in [0.15, 0.2) is 0 Å². The van der Waals surface area contributed by atoms with E-state index < -0.39 is 17.7 Å². The molecule has 1 saturated heterocycles. The van der Waals surface area contributed by atoms with Crippen LogP contribution in [0.5, 0.6) is 0 Å². The first kappa shape index (κ1) is 12.2. The first-order valence-electron chi connectivity index (χ1n) is 5.79. The fraction of sp³-hybridized carbons (Fsp3) is 1.00. The molecule has 3 atom stereocenters. The Labute approximate surface area is 92.8 Å². The van der Waals surface area contributed by atoms with Crippen molar-refractivity contribution in [2.75, 3.05) is 13.2 Å². The van der Waals surface area contributed by atoms with E-state index in [1.165, 1.54) is 0 Å². The van der Waals surface area contributed by atoms with Gasteiger partial charge in [0.2, 0.25) is 0 Å². The number of halogens is 3. The molecule has 1 aliphatic carbocycles. The SMILES string of the molecule is OC1(C2CCOC2)CCCC(C(F)(F)F)C1. The lowest BCUT2D eigenvalue weighted by Crippen LogP contribution is -2.46. The summed E-state index contributed by atoms with van der Waals surface area (Å²) >= 11 is 0. The average molecular weight is 238 g/mol. The summed E-state index contributed by atoms with van der Waals surface area (Å²) in [6, 6.07) is 0. The fourth-order valence-corrected chi connectivity index (χ4v) is 2.89. The van der Waals surface area contributed by atoms with Gasteiger partial charge in [-0.3, -0.25) is 0 Å². The lowest BCUT2D eigenvalue weighted by molar-refractivity contribution is -0.206. The van der Waals surface area contributed by atoms with Crippen molar-refractivity contribution in [1.82, 2.24) is 0 Å². The molecule has 2 fully saturated rings. The van der Waals surface area contributed by atoms with Gasteiger partial charge >= 0.3 is 6.18 Å². The normalized spacial score (nSPS) is 41.2. The molecule has 0 spiro atoms. The molecule has 1 saturated carbocycles. The zero-order valence-electron chi connectivity index (χ0n) is 9.09. The second-order valence-electron chi connectivity index (χ2n) is 5.00. The van der Waals surface area contributed by atoms with Gasteiger partial charge in [0.1, 0.15) is 0 Å². The predicted octanol–water partition coefficient (Wildman–Crippen LogP) is 2.51. The lowest BCUT2D eigenvalue weighted by atomic mass is 9.71. The molecule has 1 heterocycles. The molecule has 0 aromatic carbocycles. The number of rotatable bonds is 1. The van der Waals surface area contributed by atoms with Crippen LogP contribution in [-0.4, -0.2) is 30.1 Å². The molecule has 1 N–H and O–H groups in total. The number of hydrogen-bond donors (Lipinski definition) is 1. The van der Waals surface area contributed by atoms with E-state index in [2.05, 4.69) is 0 Å². The zero-order valence-corrected chi connectivity index (χ0v) is 9.09. The third-order valence-corrected chi connectivity index (χ3v) is 3.91. The Morgan fingerprint density at radius 3 is 2.56 bits per heavy atom. The van der Waals surface area contributed by atoms with Crippen molar-refractivity contribution in [3.63, 3.8) is 0 Å². The van der Waals surface area contributed by atoms with Crippen molar-refractivity contribution in [2.24, 2.45) is 11.8 Å². The largest absolute Gasteiger partial charge is 0.391 e. The summed E-state index contributed by atoms with van der Waals surface area (Å²) in [4.78, 5) is 0. The molecule has 0 amide bonds. The Hall–Kier alpha value is -0.290. The molecule has 3 unspecified atom stereocenters. The van der Waals surface area contributed by atoms with E-state index in [1.807, 2.05) is 0 Å². The van der Waals surface area contributed by atoms with E-state index in [0.717, 1.165) is 0 Å². The van der Waals surface area contributed by atoms with Crippen molar-refractivity contribution < 1.29 is 23.0 Å². The molecule has 0 aromatic heterocycles. The van der Waals surface area contributed by atoms with Crippen molar-refractivity contribution in [2.45, 2.75) is 43.9 Å². The first-order chi connectivity index (χ1) is 7.42. The summed E-state index contributed by atoms with van der Waals surface area (Å²) in [5.74, 6) is -1.45. The number of ether oxygens (including phenoxy) is 1. The lowest BCUT2D eigenvalue weighted by Gasteiger charge is -2.41. The average Bonchev–Trinajstić information content (AvgIpc) is 2.69. The monoisotopic (exact) mass is 238 g/mol. The molecular weight excluding hydrogens is 221 g/mol. The molecule has 0 aromatic rings. The van der Waals surface area contributed by atoms with Crippen molar-refractivity contribution in [1.29, 1.82) is 0 Å². The van der Waals surface area contributed by atoms with E-state index in [1.54, 1.807) is 0 Å². The quantitative estimate of drug-likeness (QED) is 0.760. The Balaban J connectivity index is 2.04. The van der Waals surface area contributed by atoms with Gasteiger partial charge in [-0.1, -0.05) is 0 Å². The molecular formula is C11H17F3O2. The fourth-order valence-electron chi connectivity index (χ4n) is 2.89. The zero-order chi connectivity index (χ0) is 11.8. The Morgan fingerprint density at radius 2 is 2.00 bits per heavy atom. The first-order valence-corrected chi connectivity index (χ1v) is 5.79. The van der Waals surface area contributed by atoms with Crippen LogP contribution >= 0.6 is 0 Å². The van der Waals surface area contributed by atoms with Crippen LogP contribution < -0.4 is 0 Å². The molecule has 0 bridgehead atoms. The maximum atomic E-state index is 12.6. The maximum absolute atomic E-state index is 12.6. The molecule has 2 aliphatic rings. The predicted molar refractivity (Wildman–Crippen MR) is 51.9 cm³/mol. The second-order valence-corrected chi connectivity index (χ2v) is 5.00. The summed E-state index contributed by atoms with van der Waals surface area (Å²) in [5.41, 5.74) is -1.16. The van der Waals surface area contributed by atoms with E-state index in [-0.39, 0.29) is 18.8 Å². The maximum Gasteiger partial charge on any atom is 0.391 e. The Kier molecular flexibility index (Phi) is 3.18. The summed E-state index contributed by atoms with van der Waals surface area (Å²) in [6.07, 6.45) is -2.55. The minimum absolute atomic E-state index is 0.113. The van der Waals surface area contributed by atoms with Gasteiger partial charge in [-0.2, -0.15) is 13.2 Å². The van der Waals surface area contributed by atoms with Gasteiger partial charge in [-0.15, -0.1) is 0 Å². The highest BCUT2D eigenvalue weighted by Crippen LogP contribution is 2.46. The van der Waals surface area contributed by atoms with Gasteiger partial charge in [-0.25, -0.2) is 0 Å². The number of alkyl halides is 3. The van der Waals surface area contributed by atoms with Gasteiger partial charge in [0.05, 0.1) is 18.1 Å². The summed E-state index contributed by atoms with van der Waals surface area (Å²) in [7, 11) is 0. The van der Waals surface area contributed by atoms with E-state index >= 15 is 0 Å². The molecule has 2 rings (SSSR count). The Morgan fingerprint density at radius 1 is 1.25 bits per heavy atom. The van der Waals surface area contributed by atoms with Crippen molar-refractivity contribution in [3.05, 3.63) is 0 Å². The van der Waals surface area contributed by atoms with Gasteiger partial charge < -0.3 is 9.84 Å². The number of aliphatic hydroxyl groups is 1. The topological polar surface area (TPSA) is 29.5 Å².